The molecule has 1 aliphatic rings. The van der Waals surface area contributed by atoms with Gasteiger partial charge in [0.2, 0.25) is 0 Å². The molecule has 1 heterocycles. The van der Waals surface area contributed by atoms with Crippen molar-refractivity contribution in [2.45, 2.75) is 39.7 Å². The minimum atomic E-state index is 0.422. The summed E-state index contributed by atoms with van der Waals surface area (Å²) in [6.07, 6.45) is 2.50. The van der Waals surface area contributed by atoms with Crippen LogP contribution in [0.5, 0.6) is 0 Å². The minimum Gasteiger partial charge on any atom is -0.309 e. The topological polar surface area (TPSA) is 15.3 Å². The predicted molar refractivity (Wildman–Crippen MR) is 82.3 cm³/mol. The average Bonchev–Trinajstić information content (AvgIpc) is 2.65. The fourth-order valence-electron chi connectivity index (χ4n) is 2.76. The molecule has 1 aromatic rings. The molecular formula is C17H28N2. The Bertz CT molecular complexity index is 372. The molecule has 2 heteroatoms. The van der Waals surface area contributed by atoms with Crippen molar-refractivity contribution in [3.8, 4) is 0 Å². The Morgan fingerprint density at radius 2 is 2.00 bits per heavy atom. The van der Waals surface area contributed by atoms with E-state index in [0.717, 1.165) is 13.1 Å². The van der Waals surface area contributed by atoms with Crippen molar-refractivity contribution in [1.29, 1.82) is 0 Å². The molecule has 1 aliphatic heterocycles. The van der Waals surface area contributed by atoms with Crippen LogP contribution in [0.25, 0.3) is 0 Å². The van der Waals surface area contributed by atoms with Crippen LogP contribution < -0.4 is 5.32 Å². The van der Waals surface area contributed by atoms with Crippen LogP contribution in [0.2, 0.25) is 0 Å². The Morgan fingerprint density at radius 1 is 1.26 bits per heavy atom. The highest BCUT2D eigenvalue weighted by atomic mass is 15.2. The van der Waals surface area contributed by atoms with Crippen molar-refractivity contribution in [2.24, 2.45) is 5.41 Å². The van der Waals surface area contributed by atoms with Crippen LogP contribution in [0.4, 0.5) is 0 Å². The molecule has 0 saturated carbocycles. The SMILES string of the molecule is CCC(C)(C)CN1CCCNC(c2ccccc2)C1. The Balaban J connectivity index is 2.03. The number of nitrogens with zero attached hydrogens (tertiary/aromatic N) is 1. The van der Waals surface area contributed by atoms with E-state index in [0.29, 0.717) is 11.5 Å². The van der Waals surface area contributed by atoms with Crippen LogP contribution in [-0.4, -0.2) is 31.1 Å². The molecule has 1 fully saturated rings. The summed E-state index contributed by atoms with van der Waals surface area (Å²) in [6.45, 7) is 11.7. The molecule has 1 N–H and O–H groups in total. The summed E-state index contributed by atoms with van der Waals surface area (Å²) in [7, 11) is 0. The largest absolute Gasteiger partial charge is 0.309 e. The van der Waals surface area contributed by atoms with Crippen molar-refractivity contribution in [1.82, 2.24) is 10.2 Å². The van der Waals surface area contributed by atoms with E-state index in [1.165, 1.54) is 31.5 Å². The molecule has 1 saturated heterocycles. The van der Waals surface area contributed by atoms with Gasteiger partial charge in [0.05, 0.1) is 0 Å². The van der Waals surface area contributed by atoms with Gasteiger partial charge in [-0.3, -0.25) is 0 Å². The molecule has 0 aromatic heterocycles. The van der Waals surface area contributed by atoms with Gasteiger partial charge in [-0.05, 0) is 36.9 Å². The maximum Gasteiger partial charge on any atom is 0.0449 e. The van der Waals surface area contributed by atoms with Crippen LogP contribution >= 0.6 is 0 Å². The summed E-state index contributed by atoms with van der Waals surface area (Å²) in [5, 5.41) is 3.69. The zero-order chi connectivity index (χ0) is 13.7. The lowest BCUT2D eigenvalue weighted by Gasteiger charge is -2.32. The van der Waals surface area contributed by atoms with Gasteiger partial charge >= 0.3 is 0 Å². The Labute approximate surface area is 118 Å². The zero-order valence-electron chi connectivity index (χ0n) is 12.7. The van der Waals surface area contributed by atoms with Gasteiger partial charge in [-0.2, -0.15) is 0 Å². The maximum absolute atomic E-state index is 3.69. The molecule has 1 unspecified atom stereocenters. The highest BCUT2D eigenvalue weighted by molar-refractivity contribution is 5.19. The molecule has 106 valence electrons. The highest BCUT2D eigenvalue weighted by Gasteiger charge is 2.24. The number of hydrogen-bond donors (Lipinski definition) is 1. The van der Waals surface area contributed by atoms with Crippen LogP contribution in [0.1, 0.15) is 45.2 Å². The molecule has 1 aromatic carbocycles. The molecule has 2 nitrogen and oxygen atoms in total. The minimum absolute atomic E-state index is 0.422. The first kappa shape index (κ1) is 14.5. The van der Waals surface area contributed by atoms with Gasteiger partial charge < -0.3 is 10.2 Å². The standard InChI is InChI=1S/C17H28N2/c1-4-17(2,3)14-19-12-8-11-18-16(13-19)15-9-6-5-7-10-15/h5-7,9-10,16,18H,4,8,11-14H2,1-3H3. The van der Waals surface area contributed by atoms with E-state index in [4.69, 9.17) is 0 Å². The zero-order valence-corrected chi connectivity index (χ0v) is 12.7. The molecular weight excluding hydrogens is 232 g/mol. The van der Waals surface area contributed by atoms with Crippen LogP contribution in [0, 0.1) is 5.41 Å². The summed E-state index contributed by atoms with van der Waals surface area (Å²) in [5.74, 6) is 0. The van der Waals surface area contributed by atoms with Crippen LogP contribution in [0.3, 0.4) is 0 Å². The quantitative estimate of drug-likeness (QED) is 0.892. The number of benzene rings is 1. The van der Waals surface area contributed by atoms with E-state index in [1.54, 1.807) is 0 Å². The van der Waals surface area contributed by atoms with E-state index in [2.05, 4.69) is 61.3 Å². The Kier molecular flexibility index (Phi) is 5.00. The first-order valence-electron chi connectivity index (χ1n) is 7.61. The van der Waals surface area contributed by atoms with E-state index in [-0.39, 0.29) is 0 Å². The monoisotopic (exact) mass is 260 g/mol. The molecule has 2 rings (SSSR count). The van der Waals surface area contributed by atoms with E-state index in [1.807, 2.05) is 0 Å². The Hall–Kier alpha value is -0.860. The van der Waals surface area contributed by atoms with E-state index in [9.17, 15) is 0 Å². The molecule has 0 radical (unpaired) electrons. The normalized spacial score (nSPS) is 22.2. The molecule has 19 heavy (non-hydrogen) atoms. The lowest BCUT2D eigenvalue weighted by molar-refractivity contribution is 0.171. The second kappa shape index (κ2) is 6.53. The average molecular weight is 260 g/mol. The lowest BCUT2D eigenvalue weighted by Crippen LogP contribution is -2.37. The maximum atomic E-state index is 3.69. The van der Waals surface area contributed by atoms with Gasteiger partial charge in [-0.1, -0.05) is 51.1 Å². The summed E-state index contributed by atoms with van der Waals surface area (Å²) < 4.78 is 0. The number of hydrogen-bond acceptors (Lipinski definition) is 2. The first-order valence-corrected chi connectivity index (χ1v) is 7.61. The van der Waals surface area contributed by atoms with Gasteiger partial charge in [0.15, 0.2) is 0 Å². The third kappa shape index (κ3) is 4.32. The van der Waals surface area contributed by atoms with Gasteiger partial charge in [-0.15, -0.1) is 0 Å². The third-order valence-corrected chi connectivity index (χ3v) is 4.29. The summed E-state index contributed by atoms with van der Waals surface area (Å²) in [6, 6.07) is 11.3. The summed E-state index contributed by atoms with van der Waals surface area (Å²) in [4.78, 5) is 2.64. The number of nitrogens with one attached hydrogen (secondary N) is 1. The first-order chi connectivity index (χ1) is 9.11. The molecule has 0 amide bonds. The van der Waals surface area contributed by atoms with Gasteiger partial charge in [0, 0.05) is 19.1 Å². The van der Waals surface area contributed by atoms with Crippen molar-refractivity contribution >= 4 is 0 Å². The molecule has 0 bridgehead atoms. The van der Waals surface area contributed by atoms with Crippen molar-refractivity contribution < 1.29 is 0 Å². The summed E-state index contributed by atoms with van der Waals surface area (Å²) in [5.41, 5.74) is 1.84. The fourth-order valence-corrected chi connectivity index (χ4v) is 2.76. The molecule has 0 spiro atoms. The van der Waals surface area contributed by atoms with Gasteiger partial charge in [0.1, 0.15) is 0 Å². The lowest BCUT2D eigenvalue weighted by atomic mass is 9.89. The smallest absolute Gasteiger partial charge is 0.0449 e. The molecule has 0 aliphatic carbocycles. The van der Waals surface area contributed by atoms with Crippen LogP contribution in [0.15, 0.2) is 30.3 Å². The van der Waals surface area contributed by atoms with Gasteiger partial charge in [0.25, 0.3) is 0 Å². The number of rotatable bonds is 4. The summed E-state index contributed by atoms with van der Waals surface area (Å²) >= 11 is 0. The second-order valence-corrected chi connectivity index (χ2v) is 6.52. The Morgan fingerprint density at radius 3 is 2.68 bits per heavy atom. The van der Waals surface area contributed by atoms with Crippen molar-refractivity contribution in [3.63, 3.8) is 0 Å². The predicted octanol–water partition coefficient (Wildman–Crippen LogP) is 3.46. The van der Waals surface area contributed by atoms with Gasteiger partial charge in [-0.25, -0.2) is 0 Å². The highest BCUT2D eigenvalue weighted by Crippen LogP contribution is 2.24. The van der Waals surface area contributed by atoms with Crippen molar-refractivity contribution in [3.05, 3.63) is 35.9 Å². The van der Waals surface area contributed by atoms with E-state index >= 15 is 0 Å². The molecule has 1 atom stereocenters. The van der Waals surface area contributed by atoms with Crippen molar-refractivity contribution in [2.75, 3.05) is 26.2 Å². The van der Waals surface area contributed by atoms with E-state index < -0.39 is 0 Å². The van der Waals surface area contributed by atoms with Crippen LogP contribution in [-0.2, 0) is 0 Å². The third-order valence-electron chi connectivity index (χ3n) is 4.29. The fraction of sp³-hybridized carbons (Fsp3) is 0.647. The second-order valence-electron chi connectivity index (χ2n) is 6.52.